The third kappa shape index (κ3) is 3.33. The average molecular weight is 376 g/mol. The Morgan fingerprint density at radius 1 is 1.04 bits per heavy atom. The number of methoxy groups -OCH3 is 1. The van der Waals surface area contributed by atoms with Crippen LogP contribution in [0, 0.1) is 0 Å². The molecule has 1 aromatic heterocycles. The van der Waals surface area contributed by atoms with E-state index in [9.17, 15) is 4.79 Å². The normalized spacial score (nSPS) is 16.9. The molecule has 0 radical (unpaired) electrons. The predicted molar refractivity (Wildman–Crippen MR) is 109 cm³/mol. The number of hydrogen-bond acceptors (Lipinski definition) is 4. The molecule has 0 bridgehead atoms. The van der Waals surface area contributed by atoms with Crippen LogP contribution in [-0.2, 0) is 0 Å². The molecular weight excluding hydrogens is 352 g/mol. The van der Waals surface area contributed by atoms with Crippen LogP contribution in [-0.4, -0.2) is 53.4 Å². The SMILES string of the molecule is COc1ccccc1N1CCN(C(=O)c2ccccc2-n2cccn2)C(C)C1. The zero-order chi connectivity index (χ0) is 19.5. The van der Waals surface area contributed by atoms with Crippen LogP contribution in [0.15, 0.2) is 67.0 Å². The molecule has 144 valence electrons. The highest BCUT2D eigenvalue weighted by Crippen LogP contribution is 2.30. The van der Waals surface area contributed by atoms with E-state index >= 15 is 0 Å². The molecular formula is C22H24N4O2. The first-order valence-electron chi connectivity index (χ1n) is 9.47. The maximum absolute atomic E-state index is 13.3. The third-order valence-electron chi connectivity index (χ3n) is 5.20. The monoisotopic (exact) mass is 376 g/mol. The maximum atomic E-state index is 13.3. The van der Waals surface area contributed by atoms with Crippen LogP contribution in [0.4, 0.5) is 5.69 Å². The van der Waals surface area contributed by atoms with Gasteiger partial charge in [0, 0.05) is 38.1 Å². The summed E-state index contributed by atoms with van der Waals surface area (Å²) in [6.07, 6.45) is 3.57. The summed E-state index contributed by atoms with van der Waals surface area (Å²) in [5.74, 6) is 0.900. The number of rotatable bonds is 4. The van der Waals surface area contributed by atoms with Crippen molar-refractivity contribution in [2.45, 2.75) is 13.0 Å². The Labute approximate surface area is 164 Å². The summed E-state index contributed by atoms with van der Waals surface area (Å²) in [4.78, 5) is 17.6. The maximum Gasteiger partial charge on any atom is 0.256 e. The average Bonchev–Trinajstić information content (AvgIpc) is 3.28. The van der Waals surface area contributed by atoms with Crippen molar-refractivity contribution < 1.29 is 9.53 Å². The third-order valence-corrected chi connectivity index (χ3v) is 5.20. The minimum absolute atomic E-state index is 0.0401. The summed E-state index contributed by atoms with van der Waals surface area (Å²) in [5.41, 5.74) is 2.54. The lowest BCUT2D eigenvalue weighted by Crippen LogP contribution is -2.54. The van der Waals surface area contributed by atoms with E-state index in [-0.39, 0.29) is 11.9 Å². The second kappa shape index (κ2) is 7.76. The van der Waals surface area contributed by atoms with Gasteiger partial charge in [0.05, 0.1) is 24.0 Å². The van der Waals surface area contributed by atoms with Gasteiger partial charge in [-0.1, -0.05) is 24.3 Å². The fourth-order valence-corrected chi connectivity index (χ4v) is 3.79. The first kappa shape index (κ1) is 18.1. The summed E-state index contributed by atoms with van der Waals surface area (Å²) in [5, 5.41) is 4.29. The molecule has 4 rings (SSSR count). The van der Waals surface area contributed by atoms with Gasteiger partial charge in [0.15, 0.2) is 0 Å². The van der Waals surface area contributed by atoms with Gasteiger partial charge in [-0.15, -0.1) is 0 Å². The first-order valence-corrected chi connectivity index (χ1v) is 9.47. The quantitative estimate of drug-likeness (QED) is 0.702. The molecule has 2 aromatic carbocycles. The van der Waals surface area contributed by atoms with Gasteiger partial charge in [0.2, 0.25) is 0 Å². The lowest BCUT2D eigenvalue weighted by molar-refractivity contribution is 0.0674. The standard InChI is InChI=1S/C22H24N4O2/c1-17-16-24(20-10-5-6-11-21(20)28-2)14-15-25(17)22(27)18-8-3-4-9-19(18)26-13-7-12-23-26/h3-13,17H,14-16H2,1-2H3. The van der Waals surface area contributed by atoms with E-state index in [0.29, 0.717) is 12.1 Å². The number of aromatic nitrogens is 2. The summed E-state index contributed by atoms with van der Waals surface area (Å²) < 4.78 is 7.24. The zero-order valence-electron chi connectivity index (χ0n) is 16.2. The molecule has 0 aliphatic carbocycles. The van der Waals surface area contributed by atoms with Crippen molar-refractivity contribution in [3.8, 4) is 11.4 Å². The van der Waals surface area contributed by atoms with Crippen LogP contribution in [0.5, 0.6) is 5.75 Å². The number of ether oxygens (including phenoxy) is 1. The molecule has 2 heterocycles. The number of carbonyl (C=O) groups excluding carboxylic acids is 1. The van der Waals surface area contributed by atoms with Crippen molar-refractivity contribution in [1.82, 2.24) is 14.7 Å². The van der Waals surface area contributed by atoms with Crippen molar-refractivity contribution in [3.05, 3.63) is 72.6 Å². The summed E-state index contributed by atoms with van der Waals surface area (Å²) >= 11 is 0. The van der Waals surface area contributed by atoms with Crippen molar-refractivity contribution in [3.63, 3.8) is 0 Å². The highest BCUT2D eigenvalue weighted by molar-refractivity contribution is 5.98. The van der Waals surface area contributed by atoms with E-state index < -0.39 is 0 Å². The van der Waals surface area contributed by atoms with E-state index in [2.05, 4.69) is 23.0 Å². The van der Waals surface area contributed by atoms with Gasteiger partial charge >= 0.3 is 0 Å². The molecule has 1 aliphatic rings. The summed E-state index contributed by atoms with van der Waals surface area (Å²) in [6, 6.07) is 17.6. The van der Waals surface area contributed by atoms with E-state index in [4.69, 9.17) is 4.74 Å². The minimum atomic E-state index is 0.0401. The number of hydrogen-bond donors (Lipinski definition) is 0. The van der Waals surface area contributed by atoms with Crippen LogP contribution >= 0.6 is 0 Å². The largest absolute Gasteiger partial charge is 0.495 e. The van der Waals surface area contributed by atoms with Gasteiger partial charge in [0.25, 0.3) is 5.91 Å². The molecule has 1 saturated heterocycles. The van der Waals surface area contributed by atoms with E-state index in [1.165, 1.54) is 0 Å². The molecule has 3 aromatic rings. The van der Waals surface area contributed by atoms with Gasteiger partial charge in [-0.3, -0.25) is 4.79 Å². The summed E-state index contributed by atoms with van der Waals surface area (Å²) in [6.45, 7) is 4.28. The van der Waals surface area contributed by atoms with E-state index in [0.717, 1.165) is 30.2 Å². The molecule has 1 fully saturated rings. The van der Waals surface area contributed by atoms with Crippen LogP contribution < -0.4 is 9.64 Å². The minimum Gasteiger partial charge on any atom is -0.495 e. The van der Waals surface area contributed by atoms with Crippen molar-refractivity contribution in [1.29, 1.82) is 0 Å². The van der Waals surface area contributed by atoms with Gasteiger partial charge in [-0.2, -0.15) is 5.10 Å². The highest BCUT2D eigenvalue weighted by Gasteiger charge is 2.30. The Bertz CT molecular complexity index is 955. The molecule has 28 heavy (non-hydrogen) atoms. The summed E-state index contributed by atoms with van der Waals surface area (Å²) in [7, 11) is 1.69. The number of piperazine rings is 1. The molecule has 6 nitrogen and oxygen atoms in total. The van der Waals surface area contributed by atoms with Crippen molar-refractivity contribution in [2.75, 3.05) is 31.6 Å². The van der Waals surface area contributed by atoms with Crippen molar-refractivity contribution in [2.24, 2.45) is 0 Å². The van der Waals surface area contributed by atoms with E-state index in [1.807, 2.05) is 59.6 Å². The van der Waals surface area contributed by atoms with Gasteiger partial charge in [-0.25, -0.2) is 4.68 Å². The van der Waals surface area contributed by atoms with Crippen LogP contribution in [0.1, 0.15) is 17.3 Å². The molecule has 0 N–H and O–H groups in total. The lowest BCUT2D eigenvalue weighted by Gasteiger charge is -2.41. The zero-order valence-corrected chi connectivity index (χ0v) is 16.2. The van der Waals surface area contributed by atoms with E-state index in [1.54, 1.807) is 18.0 Å². The molecule has 1 unspecified atom stereocenters. The molecule has 1 amide bonds. The highest BCUT2D eigenvalue weighted by atomic mass is 16.5. The molecule has 1 atom stereocenters. The van der Waals surface area contributed by atoms with Gasteiger partial charge < -0.3 is 14.5 Å². The fourth-order valence-electron chi connectivity index (χ4n) is 3.79. The second-order valence-corrected chi connectivity index (χ2v) is 6.93. The number of benzene rings is 2. The smallest absolute Gasteiger partial charge is 0.256 e. The Hall–Kier alpha value is -3.28. The number of anilines is 1. The Morgan fingerprint density at radius 2 is 1.79 bits per heavy atom. The number of nitrogens with zero attached hydrogens (tertiary/aromatic N) is 4. The second-order valence-electron chi connectivity index (χ2n) is 6.93. The molecule has 0 spiro atoms. The number of amides is 1. The number of para-hydroxylation sites is 3. The topological polar surface area (TPSA) is 50.6 Å². The van der Waals surface area contributed by atoms with Crippen LogP contribution in [0.2, 0.25) is 0 Å². The fraction of sp³-hybridized carbons (Fsp3) is 0.273. The van der Waals surface area contributed by atoms with Gasteiger partial charge in [0.1, 0.15) is 5.75 Å². The molecule has 6 heteroatoms. The Kier molecular flexibility index (Phi) is 5.02. The Morgan fingerprint density at radius 3 is 2.50 bits per heavy atom. The predicted octanol–water partition coefficient (Wildman–Crippen LogP) is 3.23. The van der Waals surface area contributed by atoms with Crippen molar-refractivity contribution >= 4 is 11.6 Å². The lowest BCUT2D eigenvalue weighted by atomic mass is 10.1. The first-order chi connectivity index (χ1) is 13.7. The van der Waals surface area contributed by atoms with Gasteiger partial charge in [-0.05, 0) is 37.3 Å². The molecule has 0 saturated carbocycles. The van der Waals surface area contributed by atoms with Crippen LogP contribution in [0.25, 0.3) is 5.69 Å². The number of carbonyl (C=O) groups is 1. The van der Waals surface area contributed by atoms with Crippen LogP contribution in [0.3, 0.4) is 0 Å². The Balaban J connectivity index is 1.55. The molecule has 1 aliphatic heterocycles.